The summed E-state index contributed by atoms with van der Waals surface area (Å²) in [7, 11) is 0. The van der Waals surface area contributed by atoms with Gasteiger partial charge in [-0.3, -0.25) is 4.98 Å². The minimum absolute atomic E-state index is 0.656. The summed E-state index contributed by atoms with van der Waals surface area (Å²) >= 11 is 0. The predicted molar refractivity (Wildman–Crippen MR) is 48.1 cm³/mol. The van der Waals surface area contributed by atoms with E-state index in [2.05, 4.69) is 10.1 Å². The zero-order valence-corrected chi connectivity index (χ0v) is 7.10. The average Bonchev–Trinajstić information content (AvgIpc) is 2.14. The van der Waals surface area contributed by atoms with Crippen molar-refractivity contribution >= 4 is 6.21 Å². The van der Waals surface area contributed by atoms with Crippen LogP contribution in [0.4, 0.5) is 0 Å². The van der Waals surface area contributed by atoms with Crippen molar-refractivity contribution in [3.05, 3.63) is 30.1 Å². The first-order valence-corrected chi connectivity index (χ1v) is 4.00. The van der Waals surface area contributed by atoms with Crippen LogP contribution in [0.5, 0.6) is 0 Å². The summed E-state index contributed by atoms with van der Waals surface area (Å²) in [5.41, 5.74) is 0.814. The molecule has 0 aliphatic heterocycles. The number of aromatic nitrogens is 1. The summed E-state index contributed by atoms with van der Waals surface area (Å²) < 4.78 is 0. The molecule has 1 aromatic heterocycles. The maximum absolute atomic E-state index is 4.92. The lowest BCUT2D eigenvalue weighted by Crippen LogP contribution is -1.88. The second-order valence-electron chi connectivity index (χ2n) is 2.32. The molecule has 0 unspecified atom stereocenters. The fourth-order valence-electron chi connectivity index (χ4n) is 0.688. The van der Waals surface area contributed by atoms with E-state index in [4.69, 9.17) is 4.84 Å². The van der Waals surface area contributed by atoms with E-state index in [-0.39, 0.29) is 0 Å². The standard InChI is InChI=1S/C9H12N2O/c1-2-7-12-11-8-9-5-3-4-6-10-9/h3-6,8H,2,7H2,1H3. The van der Waals surface area contributed by atoms with Gasteiger partial charge in [-0.15, -0.1) is 0 Å². The zero-order chi connectivity index (χ0) is 8.65. The molecule has 0 saturated carbocycles. The molecule has 0 radical (unpaired) electrons. The number of rotatable bonds is 4. The smallest absolute Gasteiger partial charge is 0.116 e. The highest BCUT2D eigenvalue weighted by Gasteiger charge is 1.84. The summed E-state index contributed by atoms with van der Waals surface area (Å²) in [5.74, 6) is 0. The van der Waals surface area contributed by atoms with Gasteiger partial charge < -0.3 is 4.84 Å². The minimum Gasteiger partial charge on any atom is -0.396 e. The molecule has 3 heteroatoms. The van der Waals surface area contributed by atoms with Crippen molar-refractivity contribution in [2.24, 2.45) is 5.16 Å². The zero-order valence-electron chi connectivity index (χ0n) is 7.10. The van der Waals surface area contributed by atoms with Crippen molar-refractivity contribution in [3.8, 4) is 0 Å². The number of hydrogen-bond donors (Lipinski definition) is 0. The van der Waals surface area contributed by atoms with Crippen molar-refractivity contribution in [3.63, 3.8) is 0 Å². The third-order valence-corrected chi connectivity index (χ3v) is 1.24. The maximum atomic E-state index is 4.92. The fourth-order valence-corrected chi connectivity index (χ4v) is 0.688. The van der Waals surface area contributed by atoms with E-state index in [1.165, 1.54) is 0 Å². The van der Waals surface area contributed by atoms with Crippen LogP contribution in [0.25, 0.3) is 0 Å². The van der Waals surface area contributed by atoms with Crippen LogP contribution in [0.1, 0.15) is 19.0 Å². The second kappa shape index (κ2) is 5.29. The third-order valence-electron chi connectivity index (χ3n) is 1.24. The first-order chi connectivity index (χ1) is 5.93. The van der Waals surface area contributed by atoms with Gasteiger partial charge in [0.1, 0.15) is 6.61 Å². The monoisotopic (exact) mass is 164 g/mol. The van der Waals surface area contributed by atoms with Gasteiger partial charge in [0.05, 0.1) is 11.9 Å². The van der Waals surface area contributed by atoms with E-state index in [9.17, 15) is 0 Å². The first-order valence-electron chi connectivity index (χ1n) is 4.00. The Kier molecular flexibility index (Phi) is 3.84. The molecule has 1 rings (SSSR count). The lowest BCUT2D eigenvalue weighted by atomic mass is 10.4. The number of nitrogens with zero attached hydrogens (tertiary/aromatic N) is 2. The van der Waals surface area contributed by atoms with Crippen molar-refractivity contribution in [2.75, 3.05) is 6.61 Å². The number of pyridine rings is 1. The normalized spacial score (nSPS) is 10.4. The molecule has 1 aromatic rings. The Morgan fingerprint density at radius 3 is 3.17 bits per heavy atom. The van der Waals surface area contributed by atoms with Crippen molar-refractivity contribution < 1.29 is 4.84 Å². The quantitative estimate of drug-likeness (QED) is 0.386. The van der Waals surface area contributed by atoms with Gasteiger partial charge in [0.25, 0.3) is 0 Å². The second-order valence-corrected chi connectivity index (χ2v) is 2.32. The highest BCUT2D eigenvalue weighted by molar-refractivity contribution is 5.76. The van der Waals surface area contributed by atoms with Gasteiger partial charge in [0.2, 0.25) is 0 Å². The fraction of sp³-hybridized carbons (Fsp3) is 0.333. The number of oxime groups is 1. The lowest BCUT2D eigenvalue weighted by molar-refractivity contribution is 0.146. The molecule has 3 nitrogen and oxygen atoms in total. The van der Waals surface area contributed by atoms with Gasteiger partial charge in [-0.05, 0) is 18.6 Å². The molecule has 0 aromatic carbocycles. The molecule has 0 aliphatic rings. The summed E-state index contributed by atoms with van der Waals surface area (Å²) in [6, 6.07) is 5.65. The van der Waals surface area contributed by atoms with Gasteiger partial charge in [0.15, 0.2) is 0 Å². The van der Waals surface area contributed by atoms with E-state index in [1.807, 2.05) is 25.1 Å². The van der Waals surface area contributed by atoms with E-state index < -0.39 is 0 Å². The Morgan fingerprint density at radius 2 is 2.50 bits per heavy atom. The first kappa shape index (κ1) is 8.71. The molecule has 0 amide bonds. The van der Waals surface area contributed by atoms with Gasteiger partial charge in [-0.1, -0.05) is 18.1 Å². The lowest BCUT2D eigenvalue weighted by Gasteiger charge is -1.93. The summed E-state index contributed by atoms with van der Waals surface area (Å²) in [5, 5.41) is 3.74. The molecule has 0 N–H and O–H groups in total. The van der Waals surface area contributed by atoms with Gasteiger partial charge in [-0.2, -0.15) is 0 Å². The van der Waals surface area contributed by atoms with Gasteiger partial charge in [0, 0.05) is 6.20 Å². The van der Waals surface area contributed by atoms with E-state index in [0.717, 1.165) is 12.1 Å². The molecular formula is C9H12N2O. The van der Waals surface area contributed by atoms with Crippen LogP contribution in [-0.4, -0.2) is 17.8 Å². The van der Waals surface area contributed by atoms with Crippen LogP contribution in [0, 0.1) is 0 Å². The average molecular weight is 164 g/mol. The Balaban J connectivity index is 2.36. The summed E-state index contributed by atoms with van der Waals surface area (Å²) in [6.07, 6.45) is 4.30. The highest BCUT2D eigenvalue weighted by Crippen LogP contribution is 1.89. The Labute approximate surface area is 72.1 Å². The molecule has 0 aliphatic carbocycles. The molecule has 0 saturated heterocycles. The molecule has 0 bridgehead atoms. The predicted octanol–water partition coefficient (Wildman–Crippen LogP) is 1.84. The van der Waals surface area contributed by atoms with Gasteiger partial charge >= 0.3 is 0 Å². The van der Waals surface area contributed by atoms with Crippen LogP contribution in [-0.2, 0) is 4.84 Å². The van der Waals surface area contributed by atoms with Crippen molar-refractivity contribution in [2.45, 2.75) is 13.3 Å². The molecule has 12 heavy (non-hydrogen) atoms. The summed E-state index contributed by atoms with van der Waals surface area (Å²) in [4.78, 5) is 8.96. The molecule has 64 valence electrons. The number of hydrogen-bond acceptors (Lipinski definition) is 3. The molecule has 0 spiro atoms. The van der Waals surface area contributed by atoms with Crippen LogP contribution >= 0.6 is 0 Å². The van der Waals surface area contributed by atoms with E-state index >= 15 is 0 Å². The Hall–Kier alpha value is -1.38. The third kappa shape index (κ3) is 3.14. The SMILES string of the molecule is CCCON=Cc1ccccn1. The van der Waals surface area contributed by atoms with Crippen LogP contribution in [0.2, 0.25) is 0 Å². The molecular weight excluding hydrogens is 152 g/mol. The molecule has 0 fully saturated rings. The minimum atomic E-state index is 0.656. The molecule has 0 atom stereocenters. The van der Waals surface area contributed by atoms with Crippen molar-refractivity contribution in [1.29, 1.82) is 0 Å². The molecule has 1 heterocycles. The van der Waals surface area contributed by atoms with Crippen LogP contribution in [0.15, 0.2) is 29.6 Å². The Morgan fingerprint density at radius 1 is 1.58 bits per heavy atom. The van der Waals surface area contributed by atoms with Crippen LogP contribution < -0.4 is 0 Å². The Bertz CT molecular complexity index is 234. The maximum Gasteiger partial charge on any atom is 0.116 e. The van der Waals surface area contributed by atoms with E-state index in [0.29, 0.717) is 6.61 Å². The van der Waals surface area contributed by atoms with E-state index in [1.54, 1.807) is 12.4 Å². The largest absolute Gasteiger partial charge is 0.396 e. The summed E-state index contributed by atoms with van der Waals surface area (Å²) in [6.45, 7) is 2.69. The highest BCUT2D eigenvalue weighted by atomic mass is 16.6. The van der Waals surface area contributed by atoms with Gasteiger partial charge in [-0.25, -0.2) is 0 Å². The van der Waals surface area contributed by atoms with Crippen LogP contribution in [0.3, 0.4) is 0 Å². The topological polar surface area (TPSA) is 34.5 Å². The van der Waals surface area contributed by atoms with Crippen molar-refractivity contribution in [1.82, 2.24) is 4.98 Å².